The standard InChI is InChI=1S/C9H15N5O2/c1-2-13-3-5-14(6-4-13)9(15)7-8(10)12-16-11-7/h2-6H2,1H3,(H2,10,12). The number of carbonyl (C=O) groups excluding carboxylic acids is 1. The van der Waals surface area contributed by atoms with Crippen molar-refractivity contribution in [1.29, 1.82) is 0 Å². The molecule has 1 aromatic heterocycles. The quantitative estimate of drug-likeness (QED) is 0.725. The molecule has 1 aliphatic rings. The molecule has 2 N–H and O–H groups in total. The van der Waals surface area contributed by atoms with Crippen LogP contribution in [0.25, 0.3) is 0 Å². The number of nitrogen functional groups attached to an aromatic ring is 1. The number of nitrogens with zero attached hydrogens (tertiary/aromatic N) is 4. The zero-order chi connectivity index (χ0) is 11.5. The van der Waals surface area contributed by atoms with E-state index in [0.29, 0.717) is 13.1 Å². The molecule has 88 valence electrons. The number of hydrogen-bond acceptors (Lipinski definition) is 6. The van der Waals surface area contributed by atoms with E-state index in [0.717, 1.165) is 19.6 Å². The molecule has 2 rings (SSSR count). The molecule has 1 fully saturated rings. The largest absolute Gasteiger partial charge is 0.379 e. The van der Waals surface area contributed by atoms with Crippen LogP contribution in [0.1, 0.15) is 17.4 Å². The van der Waals surface area contributed by atoms with Gasteiger partial charge in [-0.15, -0.1) is 0 Å². The number of anilines is 1. The summed E-state index contributed by atoms with van der Waals surface area (Å²) in [5.41, 5.74) is 5.59. The van der Waals surface area contributed by atoms with Crippen LogP contribution in [0.3, 0.4) is 0 Å². The monoisotopic (exact) mass is 225 g/mol. The lowest BCUT2D eigenvalue weighted by Gasteiger charge is -2.33. The number of nitrogens with two attached hydrogens (primary N) is 1. The van der Waals surface area contributed by atoms with Crippen LogP contribution in [0.5, 0.6) is 0 Å². The third-order valence-electron chi connectivity index (χ3n) is 2.82. The van der Waals surface area contributed by atoms with Gasteiger partial charge in [-0.1, -0.05) is 6.92 Å². The Balaban J connectivity index is 2.00. The summed E-state index contributed by atoms with van der Waals surface area (Å²) >= 11 is 0. The van der Waals surface area contributed by atoms with Gasteiger partial charge in [0.15, 0.2) is 0 Å². The fourth-order valence-electron chi connectivity index (χ4n) is 1.76. The van der Waals surface area contributed by atoms with Gasteiger partial charge in [0.1, 0.15) is 0 Å². The average molecular weight is 225 g/mol. The molecule has 0 radical (unpaired) electrons. The summed E-state index contributed by atoms with van der Waals surface area (Å²) in [6, 6.07) is 0. The summed E-state index contributed by atoms with van der Waals surface area (Å²) in [5.74, 6) is -0.141. The summed E-state index contributed by atoms with van der Waals surface area (Å²) in [4.78, 5) is 16.0. The van der Waals surface area contributed by atoms with E-state index in [-0.39, 0.29) is 17.4 Å². The van der Waals surface area contributed by atoms with Crippen LogP contribution < -0.4 is 5.73 Å². The first-order chi connectivity index (χ1) is 7.72. The van der Waals surface area contributed by atoms with Crippen molar-refractivity contribution in [2.24, 2.45) is 0 Å². The Morgan fingerprint density at radius 2 is 2.06 bits per heavy atom. The first-order valence-electron chi connectivity index (χ1n) is 5.32. The molecular weight excluding hydrogens is 210 g/mol. The van der Waals surface area contributed by atoms with Crippen molar-refractivity contribution in [3.8, 4) is 0 Å². The number of carbonyl (C=O) groups is 1. The highest BCUT2D eigenvalue weighted by molar-refractivity contribution is 5.96. The van der Waals surface area contributed by atoms with E-state index >= 15 is 0 Å². The summed E-state index contributed by atoms with van der Waals surface area (Å²) < 4.78 is 4.42. The highest BCUT2D eigenvalue weighted by atomic mass is 16.6. The smallest absolute Gasteiger partial charge is 0.280 e. The highest BCUT2D eigenvalue weighted by Crippen LogP contribution is 2.10. The first-order valence-corrected chi connectivity index (χ1v) is 5.32. The van der Waals surface area contributed by atoms with Crippen LogP contribution in [0.4, 0.5) is 5.82 Å². The Hall–Kier alpha value is -1.63. The minimum Gasteiger partial charge on any atom is -0.379 e. The average Bonchev–Trinajstić information content (AvgIpc) is 2.75. The SMILES string of the molecule is CCN1CCN(C(=O)c2nonc2N)CC1. The molecule has 1 aliphatic heterocycles. The molecule has 0 aliphatic carbocycles. The van der Waals surface area contributed by atoms with Crippen LogP contribution in [0.15, 0.2) is 4.63 Å². The van der Waals surface area contributed by atoms with Gasteiger partial charge in [0, 0.05) is 26.2 Å². The Bertz CT molecular complexity index is 370. The zero-order valence-electron chi connectivity index (χ0n) is 9.22. The van der Waals surface area contributed by atoms with E-state index < -0.39 is 0 Å². The molecule has 0 atom stereocenters. The van der Waals surface area contributed by atoms with E-state index in [1.807, 2.05) is 0 Å². The second kappa shape index (κ2) is 4.48. The number of likely N-dealkylation sites (N-methyl/N-ethyl adjacent to an activating group) is 1. The molecular formula is C9H15N5O2. The van der Waals surface area contributed by atoms with Crippen LogP contribution in [0, 0.1) is 0 Å². The molecule has 0 bridgehead atoms. The molecule has 0 saturated carbocycles. The molecule has 16 heavy (non-hydrogen) atoms. The number of piperazine rings is 1. The lowest BCUT2D eigenvalue weighted by Crippen LogP contribution is -2.48. The number of hydrogen-bond donors (Lipinski definition) is 1. The van der Waals surface area contributed by atoms with Crippen molar-refractivity contribution in [3.63, 3.8) is 0 Å². The van der Waals surface area contributed by atoms with Crippen LogP contribution in [-0.4, -0.2) is 58.7 Å². The van der Waals surface area contributed by atoms with Gasteiger partial charge in [0.2, 0.25) is 11.5 Å². The van der Waals surface area contributed by atoms with Crippen molar-refractivity contribution in [1.82, 2.24) is 20.1 Å². The zero-order valence-corrected chi connectivity index (χ0v) is 9.22. The molecule has 1 saturated heterocycles. The number of aromatic nitrogens is 2. The van der Waals surface area contributed by atoms with Gasteiger partial charge in [0.05, 0.1) is 0 Å². The van der Waals surface area contributed by atoms with E-state index in [4.69, 9.17) is 5.73 Å². The second-order valence-electron chi connectivity index (χ2n) is 3.72. The molecule has 7 heteroatoms. The Kier molecular flexibility index (Phi) is 3.04. The fourth-order valence-corrected chi connectivity index (χ4v) is 1.76. The maximum absolute atomic E-state index is 11.9. The topological polar surface area (TPSA) is 88.5 Å². The normalized spacial score (nSPS) is 17.7. The Morgan fingerprint density at radius 3 is 2.56 bits per heavy atom. The molecule has 0 aromatic carbocycles. The molecule has 7 nitrogen and oxygen atoms in total. The van der Waals surface area contributed by atoms with Gasteiger partial charge in [-0.2, -0.15) is 0 Å². The predicted octanol–water partition coefficient (Wildman–Crippen LogP) is -0.570. The highest BCUT2D eigenvalue weighted by Gasteiger charge is 2.25. The van der Waals surface area contributed by atoms with Crippen molar-refractivity contribution in [2.75, 3.05) is 38.5 Å². The van der Waals surface area contributed by atoms with Crippen LogP contribution in [0.2, 0.25) is 0 Å². The number of amides is 1. The fraction of sp³-hybridized carbons (Fsp3) is 0.667. The second-order valence-corrected chi connectivity index (χ2v) is 3.72. The van der Waals surface area contributed by atoms with Gasteiger partial charge >= 0.3 is 0 Å². The molecule has 1 aromatic rings. The summed E-state index contributed by atoms with van der Waals surface area (Å²) in [7, 11) is 0. The van der Waals surface area contributed by atoms with Gasteiger partial charge < -0.3 is 15.5 Å². The van der Waals surface area contributed by atoms with Crippen LogP contribution in [-0.2, 0) is 0 Å². The first kappa shape index (κ1) is 10.9. The summed E-state index contributed by atoms with van der Waals surface area (Å²) in [6.07, 6.45) is 0. The minimum absolute atomic E-state index is 0.0583. The van der Waals surface area contributed by atoms with Gasteiger partial charge in [0.25, 0.3) is 5.91 Å². The van der Waals surface area contributed by atoms with Gasteiger partial charge in [-0.05, 0) is 16.9 Å². The maximum atomic E-state index is 11.9. The minimum atomic E-state index is -0.200. The number of rotatable bonds is 2. The lowest BCUT2D eigenvalue weighted by molar-refractivity contribution is 0.0633. The van der Waals surface area contributed by atoms with Crippen LogP contribution >= 0.6 is 0 Å². The van der Waals surface area contributed by atoms with Crippen molar-refractivity contribution in [2.45, 2.75) is 6.92 Å². The molecule has 0 unspecified atom stereocenters. The van der Waals surface area contributed by atoms with E-state index in [9.17, 15) is 4.79 Å². The van der Waals surface area contributed by atoms with Gasteiger partial charge in [-0.25, -0.2) is 4.63 Å². The van der Waals surface area contributed by atoms with Crippen molar-refractivity contribution < 1.29 is 9.42 Å². The summed E-state index contributed by atoms with van der Waals surface area (Å²) in [5, 5.41) is 6.91. The van der Waals surface area contributed by atoms with E-state index in [2.05, 4.69) is 26.8 Å². The Morgan fingerprint density at radius 1 is 1.38 bits per heavy atom. The predicted molar refractivity (Wildman–Crippen MR) is 56.7 cm³/mol. The van der Waals surface area contributed by atoms with E-state index in [1.165, 1.54) is 0 Å². The third-order valence-corrected chi connectivity index (χ3v) is 2.82. The summed E-state index contributed by atoms with van der Waals surface area (Å²) in [6.45, 7) is 6.27. The van der Waals surface area contributed by atoms with E-state index in [1.54, 1.807) is 4.90 Å². The van der Waals surface area contributed by atoms with Crippen molar-refractivity contribution in [3.05, 3.63) is 5.69 Å². The third kappa shape index (κ3) is 1.99. The maximum Gasteiger partial charge on any atom is 0.280 e. The lowest BCUT2D eigenvalue weighted by atomic mass is 10.3. The van der Waals surface area contributed by atoms with Crippen molar-refractivity contribution >= 4 is 11.7 Å². The molecule has 0 spiro atoms. The molecule has 1 amide bonds. The van der Waals surface area contributed by atoms with Gasteiger partial charge in [-0.3, -0.25) is 4.79 Å². The molecule has 2 heterocycles. The Labute approximate surface area is 93.1 Å².